The number of hydrogen-bond acceptors (Lipinski definition) is 2. The lowest BCUT2D eigenvalue weighted by molar-refractivity contribution is 0.388. The molecule has 2 unspecified atom stereocenters. The number of halogens is 1. The van der Waals surface area contributed by atoms with E-state index in [4.69, 9.17) is 10.7 Å². The van der Waals surface area contributed by atoms with E-state index in [9.17, 15) is 4.39 Å². The summed E-state index contributed by atoms with van der Waals surface area (Å²) in [5, 5.41) is 0. The summed E-state index contributed by atoms with van der Waals surface area (Å²) >= 11 is 0. The highest BCUT2D eigenvalue weighted by Gasteiger charge is 2.44. The maximum absolute atomic E-state index is 13.5. The molecule has 2 aliphatic rings. The SMILES string of the molecule is CC1(c2nc3cc(F)ccc3n2C2CC2)CCCC1N. The third-order valence-corrected chi connectivity index (χ3v) is 5.10. The highest BCUT2D eigenvalue weighted by atomic mass is 19.1. The maximum Gasteiger partial charge on any atom is 0.125 e. The van der Waals surface area contributed by atoms with Crippen molar-refractivity contribution in [1.29, 1.82) is 0 Å². The van der Waals surface area contributed by atoms with Gasteiger partial charge in [0, 0.05) is 23.6 Å². The molecule has 0 saturated heterocycles. The zero-order chi connectivity index (χ0) is 13.9. The summed E-state index contributed by atoms with van der Waals surface area (Å²) in [7, 11) is 0. The molecule has 0 spiro atoms. The first-order chi connectivity index (χ1) is 9.59. The van der Waals surface area contributed by atoms with Gasteiger partial charge in [-0.2, -0.15) is 0 Å². The van der Waals surface area contributed by atoms with Crippen LogP contribution in [0.1, 0.15) is 50.9 Å². The van der Waals surface area contributed by atoms with Gasteiger partial charge in [-0.1, -0.05) is 13.3 Å². The Morgan fingerprint density at radius 1 is 1.35 bits per heavy atom. The van der Waals surface area contributed by atoms with E-state index in [1.54, 1.807) is 6.07 Å². The third kappa shape index (κ3) is 1.64. The fraction of sp³-hybridized carbons (Fsp3) is 0.562. The molecule has 1 aromatic carbocycles. The molecule has 3 nitrogen and oxygen atoms in total. The molecule has 2 saturated carbocycles. The lowest BCUT2D eigenvalue weighted by Gasteiger charge is -2.29. The van der Waals surface area contributed by atoms with Gasteiger partial charge < -0.3 is 10.3 Å². The number of hydrogen-bond donors (Lipinski definition) is 1. The van der Waals surface area contributed by atoms with E-state index >= 15 is 0 Å². The van der Waals surface area contributed by atoms with Gasteiger partial charge >= 0.3 is 0 Å². The lowest BCUT2D eigenvalue weighted by Crippen LogP contribution is -2.40. The average molecular weight is 273 g/mol. The monoisotopic (exact) mass is 273 g/mol. The molecule has 1 heterocycles. The van der Waals surface area contributed by atoms with Crippen LogP contribution in [0.5, 0.6) is 0 Å². The first-order valence-electron chi connectivity index (χ1n) is 7.53. The van der Waals surface area contributed by atoms with Crippen molar-refractivity contribution in [3.63, 3.8) is 0 Å². The first kappa shape index (κ1) is 12.3. The zero-order valence-electron chi connectivity index (χ0n) is 11.8. The summed E-state index contributed by atoms with van der Waals surface area (Å²) in [6, 6.07) is 5.63. The molecule has 2 aliphatic carbocycles. The van der Waals surface area contributed by atoms with E-state index in [1.807, 2.05) is 6.07 Å². The average Bonchev–Trinajstić information content (AvgIpc) is 3.10. The summed E-state index contributed by atoms with van der Waals surface area (Å²) in [6.45, 7) is 2.22. The molecule has 2 aromatic rings. The van der Waals surface area contributed by atoms with Gasteiger partial charge in [-0.25, -0.2) is 9.37 Å². The van der Waals surface area contributed by atoms with Gasteiger partial charge in [-0.15, -0.1) is 0 Å². The van der Waals surface area contributed by atoms with Crippen LogP contribution in [0.4, 0.5) is 4.39 Å². The quantitative estimate of drug-likeness (QED) is 0.912. The summed E-state index contributed by atoms with van der Waals surface area (Å²) < 4.78 is 15.8. The van der Waals surface area contributed by atoms with E-state index in [0.29, 0.717) is 6.04 Å². The fourth-order valence-electron chi connectivity index (χ4n) is 3.65. The molecule has 106 valence electrons. The van der Waals surface area contributed by atoms with Crippen LogP contribution in [-0.2, 0) is 5.41 Å². The highest BCUT2D eigenvalue weighted by molar-refractivity contribution is 5.77. The minimum atomic E-state index is -0.217. The minimum absolute atomic E-state index is 0.0713. The zero-order valence-corrected chi connectivity index (χ0v) is 11.8. The molecule has 0 bridgehead atoms. The van der Waals surface area contributed by atoms with Gasteiger partial charge in [-0.05, 0) is 37.8 Å². The molecule has 2 N–H and O–H groups in total. The number of rotatable bonds is 2. The summed E-state index contributed by atoms with van der Waals surface area (Å²) in [5.41, 5.74) is 8.12. The lowest BCUT2D eigenvalue weighted by atomic mass is 9.84. The van der Waals surface area contributed by atoms with Crippen molar-refractivity contribution in [1.82, 2.24) is 9.55 Å². The Morgan fingerprint density at radius 2 is 2.15 bits per heavy atom. The Balaban J connectivity index is 1.96. The van der Waals surface area contributed by atoms with E-state index in [1.165, 1.54) is 18.9 Å². The third-order valence-electron chi connectivity index (χ3n) is 5.10. The van der Waals surface area contributed by atoms with Crippen LogP contribution in [-0.4, -0.2) is 15.6 Å². The van der Waals surface area contributed by atoms with E-state index in [-0.39, 0.29) is 17.3 Å². The Bertz CT molecular complexity index is 674. The number of aromatic nitrogens is 2. The van der Waals surface area contributed by atoms with Crippen LogP contribution in [0.2, 0.25) is 0 Å². The summed E-state index contributed by atoms with van der Waals surface area (Å²) in [5.74, 6) is 0.857. The van der Waals surface area contributed by atoms with Crippen molar-refractivity contribution >= 4 is 11.0 Å². The molecule has 2 atom stereocenters. The van der Waals surface area contributed by atoms with Crippen LogP contribution in [0.3, 0.4) is 0 Å². The summed E-state index contributed by atoms with van der Waals surface area (Å²) in [4.78, 5) is 4.78. The van der Waals surface area contributed by atoms with Crippen molar-refractivity contribution in [2.75, 3.05) is 0 Å². The van der Waals surface area contributed by atoms with E-state index < -0.39 is 0 Å². The largest absolute Gasteiger partial charge is 0.327 e. The number of nitrogens with zero attached hydrogens (tertiary/aromatic N) is 2. The van der Waals surface area contributed by atoms with Crippen molar-refractivity contribution in [2.24, 2.45) is 5.73 Å². The number of nitrogens with two attached hydrogens (primary N) is 1. The first-order valence-corrected chi connectivity index (χ1v) is 7.53. The number of benzene rings is 1. The number of imidazole rings is 1. The van der Waals surface area contributed by atoms with Gasteiger partial charge in [0.2, 0.25) is 0 Å². The van der Waals surface area contributed by atoms with Crippen LogP contribution >= 0.6 is 0 Å². The smallest absolute Gasteiger partial charge is 0.125 e. The maximum atomic E-state index is 13.5. The molecule has 20 heavy (non-hydrogen) atoms. The predicted octanol–water partition coefficient (Wildman–Crippen LogP) is 3.28. The van der Waals surface area contributed by atoms with Crippen LogP contribution in [0.15, 0.2) is 18.2 Å². The van der Waals surface area contributed by atoms with E-state index in [0.717, 1.165) is 36.1 Å². The Hall–Kier alpha value is -1.42. The van der Waals surface area contributed by atoms with Crippen LogP contribution < -0.4 is 5.73 Å². The number of fused-ring (bicyclic) bond motifs is 1. The molecule has 4 rings (SSSR count). The van der Waals surface area contributed by atoms with Crippen molar-refractivity contribution in [2.45, 2.75) is 56.5 Å². The van der Waals surface area contributed by atoms with Gasteiger partial charge in [0.05, 0.1) is 11.0 Å². The van der Waals surface area contributed by atoms with Gasteiger partial charge in [-0.3, -0.25) is 0 Å². The Morgan fingerprint density at radius 3 is 2.80 bits per heavy atom. The summed E-state index contributed by atoms with van der Waals surface area (Å²) in [6.07, 6.45) is 5.67. The van der Waals surface area contributed by atoms with Crippen molar-refractivity contribution in [3.8, 4) is 0 Å². The van der Waals surface area contributed by atoms with Crippen molar-refractivity contribution < 1.29 is 4.39 Å². The van der Waals surface area contributed by atoms with Gasteiger partial charge in [0.1, 0.15) is 11.6 Å². The second kappa shape index (κ2) is 4.04. The Kier molecular flexibility index (Phi) is 2.49. The normalized spacial score (nSPS) is 30.2. The minimum Gasteiger partial charge on any atom is -0.327 e. The Labute approximate surface area is 118 Å². The molecule has 4 heteroatoms. The molecule has 0 aliphatic heterocycles. The van der Waals surface area contributed by atoms with Crippen molar-refractivity contribution in [3.05, 3.63) is 29.8 Å². The molecular weight excluding hydrogens is 253 g/mol. The van der Waals surface area contributed by atoms with Crippen LogP contribution in [0, 0.1) is 5.82 Å². The molecule has 2 fully saturated rings. The van der Waals surface area contributed by atoms with Gasteiger partial charge in [0.15, 0.2) is 0 Å². The highest BCUT2D eigenvalue weighted by Crippen LogP contribution is 2.46. The molecule has 0 amide bonds. The molecule has 0 radical (unpaired) electrons. The van der Waals surface area contributed by atoms with Crippen LogP contribution in [0.25, 0.3) is 11.0 Å². The molecular formula is C16H20FN3. The van der Waals surface area contributed by atoms with E-state index in [2.05, 4.69) is 11.5 Å². The molecule has 1 aromatic heterocycles. The second-order valence-corrected chi connectivity index (χ2v) is 6.59. The van der Waals surface area contributed by atoms with Gasteiger partial charge in [0.25, 0.3) is 0 Å². The second-order valence-electron chi connectivity index (χ2n) is 6.59. The predicted molar refractivity (Wildman–Crippen MR) is 77.1 cm³/mol. The fourth-order valence-corrected chi connectivity index (χ4v) is 3.65. The standard InChI is InChI=1S/C16H20FN3/c1-16(8-2-3-14(16)18)15-19-12-9-10(17)4-7-13(12)20(15)11-5-6-11/h4,7,9,11,14H,2-3,5-6,8,18H2,1H3. The topological polar surface area (TPSA) is 43.8 Å².